The van der Waals surface area contributed by atoms with E-state index in [4.69, 9.17) is 34.4 Å². The monoisotopic (exact) mass is 740 g/mol. The van der Waals surface area contributed by atoms with Gasteiger partial charge in [-0.3, -0.25) is 9.79 Å². The van der Waals surface area contributed by atoms with Crippen LogP contribution in [0.25, 0.3) is 0 Å². The van der Waals surface area contributed by atoms with Crippen LogP contribution in [-0.2, 0) is 28.5 Å². The Morgan fingerprint density at radius 2 is 1.68 bits per heavy atom. The van der Waals surface area contributed by atoms with Crippen molar-refractivity contribution >= 4 is 11.7 Å². The third kappa shape index (κ3) is 6.60. The second-order valence-electron chi connectivity index (χ2n) is 18.9. The summed E-state index contributed by atoms with van der Waals surface area (Å²) in [5, 5.41) is 33.7. The van der Waals surface area contributed by atoms with E-state index in [9.17, 15) is 20.1 Å². The molecule has 0 radical (unpaired) electrons. The third-order valence-electron chi connectivity index (χ3n) is 15.1. The van der Waals surface area contributed by atoms with E-state index in [0.29, 0.717) is 62.4 Å². The predicted molar refractivity (Wildman–Crippen MR) is 198 cm³/mol. The van der Waals surface area contributed by atoms with Crippen LogP contribution < -0.4 is 5.73 Å². The first-order chi connectivity index (χ1) is 25.1. The van der Waals surface area contributed by atoms with Crippen molar-refractivity contribution in [1.82, 2.24) is 0 Å². The van der Waals surface area contributed by atoms with Gasteiger partial charge in [-0.15, -0.1) is 0 Å². The molecule has 0 saturated carbocycles. The van der Waals surface area contributed by atoms with E-state index >= 15 is 0 Å². The topological polar surface area (TPSA) is 162 Å². The predicted octanol–water partition coefficient (Wildman–Crippen LogP) is 5.94. The van der Waals surface area contributed by atoms with Crippen LogP contribution in [0.5, 0.6) is 0 Å². The molecule has 0 aromatic rings. The minimum atomic E-state index is -1.15. The van der Waals surface area contributed by atoms with Gasteiger partial charge in [0, 0.05) is 55.7 Å². The summed E-state index contributed by atoms with van der Waals surface area (Å²) in [6.07, 6.45) is 11.2. The van der Waals surface area contributed by atoms with E-state index in [1.165, 1.54) is 0 Å². The number of aliphatic imine (C=N–C) groups is 1. The highest BCUT2D eigenvalue weighted by atomic mass is 16.8. The highest BCUT2D eigenvalue weighted by molar-refractivity contribution is 5.91. The molecule has 1 aliphatic carbocycles. The Morgan fingerprint density at radius 1 is 0.887 bits per heavy atom. The van der Waals surface area contributed by atoms with Crippen LogP contribution in [0.15, 0.2) is 28.8 Å². The molecule has 7 heterocycles. The van der Waals surface area contributed by atoms with Crippen molar-refractivity contribution < 1.29 is 43.8 Å². The SMILES string of the molecule is C=C1CCCC2=NC[C@@H](C)[C@H](C)C[C@@]23CCC([C@H](N)C(=O)O)=C[C@H]3[C@@H]2O[C@@]3(CC4CCC[C@]5(CC[C@@]6(O[C@H](CC[C@]6(C)O)C1)O5)O4)C[C@H](C)[C@@H](O)[C@H]2O3. The van der Waals surface area contributed by atoms with Crippen LogP contribution >= 0.6 is 0 Å². The first kappa shape index (κ1) is 38.2. The highest BCUT2D eigenvalue weighted by Crippen LogP contribution is 2.59. The summed E-state index contributed by atoms with van der Waals surface area (Å²) in [5.41, 5.74) is 7.79. The van der Waals surface area contributed by atoms with Crippen molar-refractivity contribution in [3.05, 3.63) is 23.8 Å². The lowest BCUT2D eigenvalue weighted by Gasteiger charge is -2.50. The maximum Gasteiger partial charge on any atom is 0.324 e. The van der Waals surface area contributed by atoms with E-state index in [2.05, 4.69) is 33.4 Å². The van der Waals surface area contributed by atoms with Crippen molar-refractivity contribution in [3.8, 4) is 0 Å². The summed E-state index contributed by atoms with van der Waals surface area (Å²) in [4.78, 5) is 17.7. The van der Waals surface area contributed by atoms with Gasteiger partial charge in [0.1, 0.15) is 17.7 Å². The van der Waals surface area contributed by atoms with Crippen LogP contribution in [-0.4, -0.2) is 93.1 Å². The van der Waals surface area contributed by atoms with Crippen molar-refractivity contribution in [2.75, 3.05) is 6.54 Å². The summed E-state index contributed by atoms with van der Waals surface area (Å²) in [7, 11) is 0. The molecule has 4 spiro atoms. The van der Waals surface area contributed by atoms with Crippen LogP contribution in [0.2, 0.25) is 0 Å². The molecule has 6 saturated heterocycles. The lowest BCUT2D eigenvalue weighted by molar-refractivity contribution is -0.403. The molecule has 8 rings (SSSR count). The molecule has 7 bridgehead atoms. The second-order valence-corrected chi connectivity index (χ2v) is 18.9. The number of aliphatic hydroxyl groups excluding tert-OH is 1. The van der Waals surface area contributed by atoms with Crippen molar-refractivity contribution in [3.63, 3.8) is 0 Å². The van der Waals surface area contributed by atoms with Crippen LogP contribution in [0.3, 0.4) is 0 Å². The number of nitrogens with two attached hydrogens (primary N) is 1. The third-order valence-corrected chi connectivity index (χ3v) is 15.1. The zero-order valence-corrected chi connectivity index (χ0v) is 32.4. The molecule has 0 aromatic heterocycles. The maximum atomic E-state index is 12.3. The summed E-state index contributed by atoms with van der Waals surface area (Å²) in [6, 6.07) is -1.11. The molecular formula is C42H64N2O9. The maximum absolute atomic E-state index is 12.3. The standard InChI is InChI=1S/C42H64N2O9/c1-24-8-6-10-32-39(20-25(2)27(4)23-44-32)15-11-28(33(43)37(46)47)19-31(39)35-36-34(45)26(3)21-41(51-35,52-36)22-30-9-7-13-40(49-30)16-17-42(53-40)38(5,48)14-12-29(18-24)50-42/h19,25-27,29-31,33-36,45,48H,1,6-18,20-23,43H2,2-5H3,(H,46,47)/t25-,26+,27-,29-,30?,31+,33+,34-,35+,36-,38+,39-,40+,41+,42-/m1/s1. The number of fused-ring (bicyclic) bond motifs is 6. The van der Waals surface area contributed by atoms with E-state index in [-0.39, 0.29) is 24.0 Å². The number of rotatable bonds is 2. The Hall–Kier alpha value is -1.70. The summed E-state index contributed by atoms with van der Waals surface area (Å²) in [5.74, 6) is -3.67. The summed E-state index contributed by atoms with van der Waals surface area (Å²) < 4.78 is 34.9. The summed E-state index contributed by atoms with van der Waals surface area (Å²) >= 11 is 0. The molecule has 7 aliphatic heterocycles. The minimum Gasteiger partial charge on any atom is -0.480 e. The molecule has 53 heavy (non-hydrogen) atoms. The fraction of sp³-hybridized carbons (Fsp3) is 0.857. The van der Waals surface area contributed by atoms with Crippen LogP contribution in [0, 0.1) is 29.1 Å². The average molecular weight is 741 g/mol. The number of carboxylic acid groups (broad SMARTS) is 1. The fourth-order valence-electron chi connectivity index (χ4n) is 11.8. The number of aliphatic carboxylic acids is 1. The minimum absolute atomic E-state index is 0.0840. The number of hydrogen-bond acceptors (Lipinski definition) is 10. The molecule has 11 nitrogen and oxygen atoms in total. The van der Waals surface area contributed by atoms with Gasteiger partial charge >= 0.3 is 5.97 Å². The van der Waals surface area contributed by atoms with Crippen molar-refractivity contribution in [2.45, 2.75) is 190 Å². The van der Waals surface area contributed by atoms with Gasteiger partial charge in [-0.05, 0) is 101 Å². The molecule has 15 atom stereocenters. The van der Waals surface area contributed by atoms with Gasteiger partial charge in [-0.1, -0.05) is 39.0 Å². The normalized spacial score (nSPS) is 50.9. The lowest BCUT2D eigenvalue weighted by Crippen LogP contribution is -2.60. The first-order valence-corrected chi connectivity index (χ1v) is 20.8. The van der Waals surface area contributed by atoms with E-state index < -0.39 is 58.7 Å². The zero-order valence-electron chi connectivity index (χ0n) is 32.4. The van der Waals surface area contributed by atoms with Crippen molar-refractivity contribution in [2.24, 2.45) is 39.8 Å². The molecule has 1 unspecified atom stereocenters. The van der Waals surface area contributed by atoms with Gasteiger partial charge in [0.25, 0.3) is 0 Å². The summed E-state index contributed by atoms with van der Waals surface area (Å²) in [6.45, 7) is 13.8. The zero-order chi connectivity index (χ0) is 37.6. The highest BCUT2D eigenvalue weighted by Gasteiger charge is 2.66. The smallest absolute Gasteiger partial charge is 0.324 e. The molecule has 6 fully saturated rings. The number of carbonyl (C=O) groups is 1. The second kappa shape index (κ2) is 13.7. The van der Waals surface area contributed by atoms with Gasteiger partial charge < -0.3 is 44.7 Å². The van der Waals surface area contributed by atoms with E-state index in [0.717, 1.165) is 75.6 Å². The lowest BCUT2D eigenvalue weighted by atomic mass is 9.57. The molecule has 5 N–H and O–H groups in total. The Morgan fingerprint density at radius 3 is 2.47 bits per heavy atom. The first-order valence-electron chi connectivity index (χ1n) is 20.8. The fourth-order valence-corrected chi connectivity index (χ4v) is 11.8. The van der Waals surface area contributed by atoms with Gasteiger partial charge in [-0.25, -0.2) is 0 Å². The number of carboxylic acids is 1. The number of ether oxygens (including phenoxy) is 5. The van der Waals surface area contributed by atoms with Gasteiger partial charge in [0.2, 0.25) is 5.79 Å². The molecule has 0 amide bonds. The van der Waals surface area contributed by atoms with Gasteiger partial charge in [0.05, 0.1) is 24.4 Å². The Balaban J connectivity index is 1.21. The average Bonchev–Trinajstić information content (AvgIpc) is 3.58. The van der Waals surface area contributed by atoms with Crippen molar-refractivity contribution in [1.29, 1.82) is 0 Å². The Bertz CT molecular complexity index is 1510. The number of nitrogens with zero attached hydrogens (tertiary/aromatic N) is 1. The molecule has 296 valence electrons. The van der Waals surface area contributed by atoms with Crippen LogP contribution in [0.1, 0.15) is 130 Å². The number of aliphatic hydroxyl groups is 2. The molecule has 8 aliphatic rings. The van der Waals surface area contributed by atoms with E-state index in [1.54, 1.807) is 0 Å². The Kier molecular flexibility index (Phi) is 9.91. The molecule has 11 heteroatoms. The van der Waals surface area contributed by atoms with Gasteiger partial charge in [0.15, 0.2) is 11.6 Å². The molecular weight excluding hydrogens is 676 g/mol. The largest absolute Gasteiger partial charge is 0.480 e. The van der Waals surface area contributed by atoms with Gasteiger partial charge in [-0.2, -0.15) is 0 Å². The number of hydrogen-bond donors (Lipinski definition) is 4. The van der Waals surface area contributed by atoms with E-state index in [1.807, 2.05) is 6.92 Å². The Labute approximate surface area is 315 Å². The quantitative estimate of drug-likeness (QED) is 0.249. The molecule has 0 aromatic carbocycles. The van der Waals surface area contributed by atoms with Crippen LogP contribution in [0.4, 0.5) is 0 Å².